The maximum atomic E-state index is 2.64. The summed E-state index contributed by atoms with van der Waals surface area (Å²) in [6.07, 6.45) is 0. The molecule has 2 nitrogen and oxygen atoms in total. The second kappa shape index (κ2) is 11.8. The summed E-state index contributed by atoms with van der Waals surface area (Å²) in [7, 11) is -0.544. The molecule has 0 aliphatic heterocycles. The van der Waals surface area contributed by atoms with Gasteiger partial charge in [-0.2, -0.15) is 0 Å². The van der Waals surface area contributed by atoms with Crippen molar-refractivity contribution < 1.29 is 0 Å². The molecule has 0 heterocycles. The van der Waals surface area contributed by atoms with Gasteiger partial charge in [-0.05, 0) is 42.7 Å². The third kappa shape index (κ3) is 6.54. The molecule has 0 aliphatic rings. The first-order chi connectivity index (χ1) is 14.2. The maximum absolute atomic E-state index is 2.64. The highest BCUT2D eigenvalue weighted by Crippen LogP contribution is 2.35. The molecule has 162 valence electrons. The molecule has 0 atom stereocenters. The summed E-state index contributed by atoms with van der Waals surface area (Å²) in [5.74, 6) is 4.96. The molecule has 4 heteroatoms. The first kappa shape index (κ1) is 24.9. The summed E-state index contributed by atoms with van der Waals surface area (Å²) >= 11 is 0. The highest BCUT2D eigenvalue weighted by molar-refractivity contribution is 7.75. The molecule has 2 aromatic rings. The standard InChI is InChI=1S/C26H40BN2P/c1-21(2)28(22(3)4)27(29(23(5)6)24(7)8)19-20-30(25-15-11-9-12-16-25)26-17-13-10-14-18-26/h9-24H,1-8H3/b20-19+. The molecule has 0 amide bonds. The third-order valence-electron chi connectivity index (χ3n) is 5.47. The Hall–Kier alpha value is -1.41. The van der Waals surface area contributed by atoms with Crippen LogP contribution in [0.4, 0.5) is 0 Å². The van der Waals surface area contributed by atoms with Crippen molar-refractivity contribution >= 4 is 25.5 Å². The summed E-state index contributed by atoms with van der Waals surface area (Å²) in [6.45, 7) is 18.8. The fraction of sp³-hybridized carbons (Fsp3) is 0.462. The van der Waals surface area contributed by atoms with Crippen LogP contribution in [0.2, 0.25) is 0 Å². The first-order valence-electron chi connectivity index (χ1n) is 11.4. The lowest BCUT2D eigenvalue weighted by atomic mass is 9.67. The maximum Gasteiger partial charge on any atom is 0.339 e. The zero-order valence-corrected chi connectivity index (χ0v) is 21.1. The highest BCUT2D eigenvalue weighted by Gasteiger charge is 2.35. The number of hydrogen-bond acceptors (Lipinski definition) is 2. The molecule has 0 aliphatic carbocycles. The molecule has 0 aromatic heterocycles. The summed E-state index contributed by atoms with van der Waals surface area (Å²) in [4.78, 5) is 5.28. The molecule has 0 saturated carbocycles. The predicted octanol–water partition coefficient (Wildman–Crippen LogP) is 5.90. The molecular formula is C26H40BN2P. The van der Waals surface area contributed by atoms with Gasteiger partial charge < -0.3 is 9.62 Å². The Bertz CT molecular complexity index is 684. The van der Waals surface area contributed by atoms with E-state index >= 15 is 0 Å². The summed E-state index contributed by atoms with van der Waals surface area (Å²) < 4.78 is 0. The van der Waals surface area contributed by atoms with Crippen molar-refractivity contribution in [2.45, 2.75) is 79.6 Å². The van der Waals surface area contributed by atoms with E-state index in [2.05, 4.69) is 137 Å². The zero-order chi connectivity index (χ0) is 22.3. The Labute approximate surface area is 187 Å². The van der Waals surface area contributed by atoms with E-state index < -0.39 is 7.92 Å². The van der Waals surface area contributed by atoms with Gasteiger partial charge in [0.25, 0.3) is 0 Å². The fourth-order valence-electron chi connectivity index (χ4n) is 4.43. The number of hydrogen-bond donors (Lipinski definition) is 0. The van der Waals surface area contributed by atoms with Gasteiger partial charge in [-0.3, -0.25) is 0 Å². The number of nitrogens with zero attached hydrogens (tertiary/aromatic N) is 2. The van der Waals surface area contributed by atoms with Crippen LogP contribution in [0.15, 0.2) is 72.5 Å². The Kier molecular flexibility index (Phi) is 9.81. The minimum Gasteiger partial charge on any atom is -0.320 e. The molecule has 0 saturated heterocycles. The Morgan fingerprint density at radius 1 is 0.600 bits per heavy atom. The van der Waals surface area contributed by atoms with Gasteiger partial charge in [0.1, 0.15) is 0 Å². The largest absolute Gasteiger partial charge is 0.339 e. The summed E-state index contributed by atoms with van der Waals surface area (Å²) in [5.41, 5.74) is 0. The van der Waals surface area contributed by atoms with Gasteiger partial charge in [0.15, 0.2) is 0 Å². The molecule has 0 spiro atoms. The van der Waals surface area contributed by atoms with Crippen LogP contribution < -0.4 is 10.6 Å². The van der Waals surface area contributed by atoms with E-state index in [9.17, 15) is 0 Å². The molecule has 30 heavy (non-hydrogen) atoms. The van der Waals surface area contributed by atoms with Gasteiger partial charge in [-0.1, -0.05) is 128 Å². The topological polar surface area (TPSA) is 6.48 Å². The summed E-state index contributed by atoms with van der Waals surface area (Å²) in [5, 5.41) is 2.80. The number of rotatable bonds is 10. The summed E-state index contributed by atoms with van der Waals surface area (Å²) in [6, 6.07) is 23.8. The van der Waals surface area contributed by atoms with Crippen molar-refractivity contribution in [2.24, 2.45) is 0 Å². The van der Waals surface area contributed by atoms with Crippen LogP contribution in [0, 0.1) is 0 Å². The van der Waals surface area contributed by atoms with Crippen molar-refractivity contribution in [3.8, 4) is 0 Å². The van der Waals surface area contributed by atoms with Gasteiger partial charge in [0.2, 0.25) is 0 Å². The predicted molar refractivity (Wildman–Crippen MR) is 138 cm³/mol. The van der Waals surface area contributed by atoms with E-state index in [0.29, 0.717) is 24.2 Å². The average molecular weight is 422 g/mol. The molecule has 0 radical (unpaired) electrons. The van der Waals surface area contributed by atoms with Crippen molar-refractivity contribution in [1.29, 1.82) is 0 Å². The van der Waals surface area contributed by atoms with Crippen LogP contribution in [0.1, 0.15) is 55.4 Å². The smallest absolute Gasteiger partial charge is 0.320 e. The van der Waals surface area contributed by atoms with Gasteiger partial charge >= 0.3 is 6.98 Å². The lowest BCUT2D eigenvalue weighted by Crippen LogP contribution is -2.60. The minimum absolute atomic E-state index is 0.266. The molecule has 0 N–H and O–H groups in total. The molecule has 0 unspecified atom stereocenters. The lowest BCUT2D eigenvalue weighted by Gasteiger charge is -2.44. The van der Waals surface area contributed by atoms with Crippen LogP contribution in [-0.4, -0.2) is 40.8 Å². The average Bonchev–Trinajstić information content (AvgIpc) is 2.68. The Morgan fingerprint density at radius 2 is 0.933 bits per heavy atom. The van der Waals surface area contributed by atoms with E-state index in [4.69, 9.17) is 0 Å². The Balaban J connectivity index is 2.53. The monoisotopic (exact) mass is 422 g/mol. The van der Waals surface area contributed by atoms with Crippen LogP contribution in [0.25, 0.3) is 0 Å². The lowest BCUT2D eigenvalue weighted by molar-refractivity contribution is 0.227. The second-order valence-corrected chi connectivity index (χ2v) is 11.1. The van der Waals surface area contributed by atoms with Crippen LogP contribution in [-0.2, 0) is 0 Å². The molecule has 2 aromatic carbocycles. The van der Waals surface area contributed by atoms with E-state index in [1.807, 2.05) is 0 Å². The van der Waals surface area contributed by atoms with Crippen molar-refractivity contribution in [2.75, 3.05) is 0 Å². The fourth-order valence-corrected chi connectivity index (χ4v) is 6.38. The van der Waals surface area contributed by atoms with Gasteiger partial charge in [-0.15, -0.1) is 0 Å². The number of benzene rings is 2. The van der Waals surface area contributed by atoms with Crippen molar-refractivity contribution in [3.05, 3.63) is 72.5 Å². The van der Waals surface area contributed by atoms with Crippen LogP contribution in [0.3, 0.4) is 0 Å². The minimum atomic E-state index is -0.544. The normalized spacial score (nSPS) is 12.6. The quantitative estimate of drug-likeness (QED) is 0.348. The Morgan fingerprint density at radius 3 is 1.23 bits per heavy atom. The van der Waals surface area contributed by atoms with Crippen molar-refractivity contribution in [1.82, 2.24) is 9.62 Å². The van der Waals surface area contributed by atoms with Crippen molar-refractivity contribution in [3.63, 3.8) is 0 Å². The van der Waals surface area contributed by atoms with Gasteiger partial charge in [0, 0.05) is 0 Å². The SMILES string of the molecule is CC(C)N(B(/C=C/P(c1ccccc1)c1ccccc1)N(C(C)C)C(C)C)C(C)C. The van der Waals surface area contributed by atoms with E-state index in [1.54, 1.807) is 0 Å². The second-order valence-electron chi connectivity index (χ2n) is 9.07. The third-order valence-corrected chi connectivity index (χ3v) is 7.65. The van der Waals surface area contributed by atoms with E-state index in [0.717, 1.165) is 0 Å². The molecule has 2 rings (SSSR count). The van der Waals surface area contributed by atoms with Gasteiger partial charge in [-0.25, -0.2) is 0 Å². The molecule has 0 fully saturated rings. The zero-order valence-electron chi connectivity index (χ0n) is 20.2. The van der Waals surface area contributed by atoms with E-state index in [1.165, 1.54) is 10.6 Å². The van der Waals surface area contributed by atoms with Crippen LogP contribution >= 0.6 is 7.92 Å². The molecule has 0 bridgehead atoms. The van der Waals surface area contributed by atoms with E-state index in [-0.39, 0.29) is 6.98 Å². The highest BCUT2D eigenvalue weighted by atomic mass is 31.1. The van der Waals surface area contributed by atoms with Crippen LogP contribution in [0.5, 0.6) is 0 Å². The molecular weight excluding hydrogens is 382 g/mol. The first-order valence-corrected chi connectivity index (χ1v) is 12.8. The van der Waals surface area contributed by atoms with Gasteiger partial charge in [0.05, 0.1) is 0 Å².